The van der Waals surface area contributed by atoms with Crippen molar-refractivity contribution in [2.45, 2.75) is 31.9 Å². The van der Waals surface area contributed by atoms with Crippen LogP contribution in [0.15, 0.2) is 27.3 Å². The zero-order valence-corrected chi connectivity index (χ0v) is 16.4. The minimum absolute atomic E-state index is 0.000977. The molecule has 0 saturated carbocycles. The molecule has 3 aliphatic heterocycles. The van der Waals surface area contributed by atoms with Crippen molar-refractivity contribution in [2.75, 3.05) is 45.9 Å². The molecule has 0 radical (unpaired) electrons. The van der Waals surface area contributed by atoms with Gasteiger partial charge in [0.2, 0.25) is 11.7 Å². The summed E-state index contributed by atoms with van der Waals surface area (Å²) in [5, 5.41) is 3.98. The van der Waals surface area contributed by atoms with E-state index in [-0.39, 0.29) is 17.5 Å². The Labute approximate surface area is 168 Å². The molecule has 3 aliphatic rings. The van der Waals surface area contributed by atoms with Gasteiger partial charge in [-0.25, -0.2) is 0 Å². The van der Waals surface area contributed by atoms with Crippen LogP contribution in [-0.2, 0) is 20.8 Å². The molecule has 2 aromatic heterocycles. The molecule has 1 atom stereocenters. The number of cyclic esters (lactones) is 1. The SMILES string of the molecule is O=C1OC(CN2CCOCC2)CC12CCN(Cc1nc(-c3ccco3)no1)CC2. The molecule has 0 amide bonds. The van der Waals surface area contributed by atoms with E-state index in [4.69, 9.17) is 18.4 Å². The number of ether oxygens (including phenoxy) is 2. The van der Waals surface area contributed by atoms with E-state index < -0.39 is 0 Å². The Kier molecular flexibility index (Phi) is 5.11. The summed E-state index contributed by atoms with van der Waals surface area (Å²) in [6, 6.07) is 3.60. The van der Waals surface area contributed by atoms with Crippen molar-refractivity contribution in [1.29, 1.82) is 0 Å². The van der Waals surface area contributed by atoms with Crippen LogP contribution in [0.1, 0.15) is 25.2 Å². The quantitative estimate of drug-likeness (QED) is 0.691. The first-order valence-electron chi connectivity index (χ1n) is 10.3. The van der Waals surface area contributed by atoms with Crippen LogP contribution < -0.4 is 0 Å². The number of carbonyl (C=O) groups excluding carboxylic acids is 1. The third kappa shape index (κ3) is 3.94. The number of hydrogen-bond acceptors (Lipinski definition) is 9. The molecule has 156 valence electrons. The molecule has 29 heavy (non-hydrogen) atoms. The largest absolute Gasteiger partial charge is 0.461 e. The summed E-state index contributed by atoms with van der Waals surface area (Å²) in [6.45, 7) is 6.39. The minimum atomic E-state index is -0.332. The fourth-order valence-corrected chi connectivity index (χ4v) is 4.57. The predicted octanol–water partition coefficient (Wildman–Crippen LogP) is 1.56. The topological polar surface area (TPSA) is 94.1 Å². The molecule has 0 bridgehead atoms. The molecule has 5 rings (SSSR count). The van der Waals surface area contributed by atoms with Gasteiger partial charge in [-0.05, 0) is 38.1 Å². The van der Waals surface area contributed by atoms with Gasteiger partial charge in [0.25, 0.3) is 0 Å². The highest BCUT2D eigenvalue weighted by molar-refractivity contribution is 5.79. The molecule has 9 nitrogen and oxygen atoms in total. The van der Waals surface area contributed by atoms with Gasteiger partial charge in [0.1, 0.15) is 6.10 Å². The van der Waals surface area contributed by atoms with Crippen molar-refractivity contribution in [3.8, 4) is 11.6 Å². The maximum absolute atomic E-state index is 12.7. The summed E-state index contributed by atoms with van der Waals surface area (Å²) < 4.78 is 21.8. The number of morpholine rings is 1. The lowest BCUT2D eigenvalue weighted by molar-refractivity contribution is -0.151. The van der Waals surface area contributed by atoms with Crippen molar-refractivity contribution in [1.82, 2.24) is 19.9 Å². The van der Waals surface area contributed by atoms with Crippen LogP contribution in [-0.4, -0.2) is 78.0 Å². The number of carbonyl (C=O) groups is 1. The number of hydrogen-bond donors (Lipinski definition) is 0. The third-order valence-corrected chi connectivity index (χ3v) is 6.27. The molecule has 2 aromatic rings. The molecule has 1 unspecified atom stereocenters. The number of nitrogens with zero attached hydrogens (tertiary/aromatic N) is 4. The number of esters is 1. The first-order chi connectivity index (χ1) is 14.2. The summed E-state index contributed by atoms with van der Waals surface area (Å²) in [5.41, 5.74) is -0.332. The van der Waals surface area contributed by atoms with Gasteiger partial charge in [-0.3, -0.25) is 14.6 Å². The van der Waals surface area contributed by atoms with Crippen LogP contribution in [0.5, 0.6) is 0 Å². The lowest BCUT2D eigenvalue weighted by Crippen LogP contribution is -2.43. The molecule has 1 spiro atoms. The average Bonchev–Trinajstić information content (AvgIpc) is 3.46. The first-order valence-corrected chi connectivity index (χ1v) is 10.3. The molecule has 3 saturated heterocycles. The standard InChI is InChI=1S/C20H26N4O5/c25-19-20(12-15(28-19)13-24-7-10-26-11-8-24)3-5-23(6-4-20)14-17-21-18(22-29-17)16-2-1-9-27-16/h1-2,9,15H,3-8,10-14H2. The number of piperidine rings is 1. The van der Waals surface area contributed by atoms with E-state index in [0.29, 0.717) is 24.0 Å². The van der Waals surface area contributed by atoms with Crippen LogP contribution in [0.3, 0.4) is 0 Å². The maximum atomic E-state index is 12.7. The highest BCUT2D eigenvalue weighted by Crippen LogP contribution is 2.43. The van der Waals surface area contributed by atoms with E-state index in [2.05, 4.69) is 19.9 Å². The normalized spacial score (nSPS) is 25.5. The second-order valence-electron chi connectivity index (χ2n) is 8.19. The van der Waals surface area contributed by atoms with Crippen molar-refractivity contribution in [3.05, 3.63) is 24.3 Å². The van der Waals surface area contributed by atoms with Gasteiger partial charge in [-0.1, -0.05) is 5.16 Å². The fourth-order valence-electron chi connectivity index (χ4n) is 4.57. The zero-order valence-electron chi connectivity index (χ0n) is 16.4. The van der Waals surface area contributed by atoms with Gasteiger partial charge < -0.3 is 18.4 Å². The molecule has 5 heterocycles. The van der Waals surface area contributed by atoms with Crippen LogP contribution in [0, 0.1) is 5.41 Å². The van der Waals surface area contributed by atoms with E-state index in [9.17, 15) is 4.79 Å². The van der Waals surface area contributed by atoms with Crippen molar-refractivity contribution < 1.29 is 23.2 Å². The Hall–Kier alpha value is -2.23. The number of likely N-dealkylation sites (tertiary alicyclic amines) is 1. The second kappa shape index (κ2) is 7.89. The van der Waals surface area contributed by atoms with Crippen molar-refractivity contribution in [2.24, 2.45) is 5.41 Å². The lowest BCUT2D eigenvalue weighted by atomic mass is 9.76. The molecule has 9 heteroatoms. The summed E-state index contributed by atoms with van der Waals surface area (Å²) in [5.74, 6) is 1.60. The summed E-state index contributed by atoms with van der Waals surface area (Å²) in [6.07, 6.45) is 4.02. The van der Waals surface area contributed by atoms with Crippen LogP contribution in [0.2, 0.25) is 0 Å². The predicted molar refractivity (Wildman–Crippen MR) is 101 cm³/mol. The molecular weight excluding hydrogens is 376 g/mol. The molecule has 0 aromatic carbocycles. The zero-order chi connectivity index (χ0) is 19.7. The number of rotatable bonds is 5. The van der Waals surface area contributed by atoms with Gasteiger partial charge in [-0.2, -0.15) is 4.98 Å². The average molecular weight is 402 g/mol. The smallest absolute Gasteiger partial charge is 0.312 e. The van der Waals surface area contributed by atoms with Gasteiger partial charge in [0, 0.05) is 26.1 Å². The van der Waals surface area contributed by atoms with Gasteiger partial charge in [0.05, 0.1) is 31.4 Å². The van der Waals surface area contributed by atoms with Gasteiger partial charge >= 0.3 is 5.97 Å². The molecular formula is C20H26N4O5. The van der Waals surface area contributed by atoms with Crippen molar-refractivity contribution in [3.63, 3.8) is 0 Å². The van der Waals surface area contributed by atoms with Crippen LogP contribution >= 0.6 is 0 Å². The second-order valence-corrected chi connectivity index (χ2v) is 8.19. The van der Waals surface area contributed by atoms with E-state index >= 15 is 0 Å². The molecule has 0 aliphatic carbocycles. The van der Waals surface area contributed by atoms with E-state index in [1.54, 1.807) is 18.4 Å². The Balaban J connectivity index is 1.14. The van der Waals surface area contributed by atoms with E-state index in [1.165, 1.54) is 0 Å². The number of furan rings is 1. The van der Waals surface area contributed by atoms with Crippen LogP contribution in [0.4, 0.5) is 0 Å². The Morgan fingerprint density at radius 2 is 1.97 bits per heavy atom. The lowest BCUT2D eigenvalue weighted by Gasteiger charge is -2.36. The molecule has 0 N–H and O–H groups in total. The Morgan fingerprint density at radius 1 is 1.14 bits per heavy atom. The highest BCUT2D eigenvalue weighted by atomic mass is 16.6. The Morgan fingerprint density at radius 3 is 2.72 bits per heavy atom. The van der Waals surface area contributed by atoms with E-state index in [1.807, 2.05) is 0 Å². The summed E-state index contributed by atoms with van der Waals surface area (Å²) in [7, 11) is 0. The van der Waals surface area contributed by atoms with Crippen molar-refractivity contribution >= 4 is 5.97 Å². The van der Waals surface area contributed by atoms with E-state index in [0.717, 1.165) is 65.2 Å². The summed E-state index contributed by atoms with van der Waals surface area (Å²) >= 11 is 0. The Bertz CT molecular complexity index is 822. The van der Waals surface area contributed by atoms with Gasteiger partial charge in [-0.15, -0.1) is 0 Å². The van der Waals surface area contributed by atoms with Gasteiger partial charge in [0.15, 0.2) is 5.76 Å². The fraction of sp³-hybridized carbons (Fsp3) is 0.650. The first kappa shape index (κ1) is 18.8. The highest BCUT2D eigenvalue weighted by Gasteiger charge is 2.50. The maximum Gasteiger partial charge on any atom is 0.312 e. The van der Waals surface area contributed by atoms with Crippen LogP contribution in [0.25, 0.3) is 11.6 Å². The minimum Gasteiger partial charge on any atom is -0.461 e. The third-order valence-electron chi connectivity index (χ3n) is 6.27. The summed E-state index contributed by atoms with van der Waals surface area (Å²) in [4.78, 5) is 21.7. The monoisotopic (exact) mass is 402 g/mol. The number of aromatic nitrogens is 2. The molecule has 3 fully saturated rings.